The molecule has 1 aromatic rings. The zero-order valence-corrected chi connectivity index (χ0v) is 10.7. The van der Waals surface area contributed by atoms with E-state index in [1.165, 1.54) is 0 Å². The van der Waals surface area contributed by atoms with E-state index < -0.39 is 12.0 Å². The summed E-state index contributed by atoms with van der Waals surface area (Å²) in [5.41, 5.74) is 7.34. The van der Waals surface area contributed by atoms with Crippen molar-refractivity contribution in [3.05, 3.63) is 29.8 Å². The molecule has 0 aliphatic rings. The maximum absolute atomic E-state index is 11.1. The minimum absolute atomic E-state index is 0.456. The smallest absolute Gasteiger partial charge is 0.326 e. The number of anilines is 1. The molecule has 1 aromatic carbocycles. The standard InChI is InChI=1S/C12H18N2O2S/c1-17-6-5-11(12(15)16)14-10-4-2-3-9(7-10)8-13/h2-4,7,11,14H,5-6,8,13H2,1H3,(H,15,16)/t11-/m0/s1. The predicted octanol–water partition coefficient (Wildman–Crippen LogP) is 1.76. The summed E-state index contributed by atoms with van der Waals surface area (Å²) < 4.78 is 0. The van der Waals surface area contributed by atoms with Gasteiger partial charge >= 0.3 is 5.97 Å². The zero-order chi connectivity index (χ0) is 12.7. The number of thioether (sulfide) groups is 1. The maximum Gasteiger partial charge on any atom is 0.326 e. The van der Waals surface area contributed by atoms with E-state index in [0.29, 0.717) is 13.0 Å². The highest BCUT2D eigenvalue weighted by atomic mass is 32.2. The molecule has 4 N–H and O–H groups in total. The van der Waals surface area contributed by atoms with Gasteiger partial charge in [-0.05, 0) is 36.1 Å². The van der Waals surface area contributed by atoms with Crippen molar-refractivity contribution in [3.8, 4) is 0 Å². The Bertz CT molecular complexity index is 371. The van der Waals surface area contributed by atoms with E-state index in [2.05, 4.69) is 5.32 Å². The third kappa shape index (κ3) is 4.66. The molecule has 0 saturated carbocycles. The summed E-state index contributed by atoms with van der Waals surface area (Å²) in [5, 5.41) is 12.1. The first kappa shape index (κ1) is 13.9. The second kappa shape index (κ2) is 7.19. The minimum atomic E-state index is -0.822. The van der Waals surface area contributed by atoms with Crippen molar-refractivity contribution >= 4 is 23.4 Å². The average Bonchev–Trinajstić information content (AvgIpc) is 2.34. The molecule has 1 rings (SSSR count). The van der Waals surface area contributed by atoms with E-state index >= 15 is 0 Å². The Kier molecular flexibility index (Phi) is 5.86. The van der Waals surface area contributed by atoms with E-state index in [4.69, 9.17) is 10.8 Å². The van der Waals surface area contributed by atoms with Crippen LogP contribution in [-0.2, 0) is 11.3 Å². The minimum Gasteiger partial charge on any atom is -0.480 e. The van der Waals surface area contributed by atoms with Gasteiger partial charge in [0.2, 0.25) is 0 Å². The van der Waals surface area contributed by atoms with Crippen molar-refractivity contribution in [3.63, 3.8) is 0 Å². The van der Waals surface area contributed by atoms with Gasteiger partial charge in [0.1, 0.15) is 6.04 Å². The van der Waals surface area contributed by atoms with Crippen LogP contribution in [0.5, 0.6) is 0 Å². The van der Waals surface area contributed by atoms with Gasteiger partial charge in [0, 0.05) is 12.2 Å². The lowest BCUT2D eigenvalue weighted by atomic mass is 10.1. The molecule has 17 heavy (non-hydrogen) atoms. The first-order valence-corrected chi connectivity index (χ1v) is 6.84. The van der Waals surface area contributed by atoms with E-state index in [-0.39, 0.29) is 0 Å². The molecule has 0 fully saturated rings. The van der Waals surface area contributed by atoms with E-state index in [1.54, 1.807) is 11.8 Å². The SMILES string of the molecule is CSCC[C@H](Nc1cccc(CN)c1)C(=O)O. The second-order valence-electron chi connectivity index (χ2n) is 3.72. The molecule has 0 spiro atoms. The number of hydrogen-bond acceptors (Lipinski definition) is 4. The van der Waals surface area contributed by atoms with Crippen LogP contribution in [0.25, 0.3) is 0 Å². The monoisotopic (exact) mass is 254 g/mol. The fourth-order valence-electron chi connectivity index (χ4n) is 1.48. The molecular formula is C12H18N2O2S. The lowest BCUT2D eigenvalue weighted by Crippen LogP contribution is -2.29. The summed E-state index contributed by atoms with van der Waals surface area (Å²) in [6, 6.07) is 6.99. The third-order valence-electron chi connectivity index (χ3n) is 2.41. The van der Waals surface area contributed by atoms with Crippen molar-refractivity contribution < 1.29 is 9.90 Å². The van der Waals surface area contributed by atoms with Crippen LogP contribution in [0.15, 0.2) is 24.3 Å². The van der Waals surface area contributed by atoms with Crippen molar-refractivity contribution in [1.82, 2.24) is 0 Å². The fraction of sp³-hybridized carbons (Fsp3) is 0.417. The van der Waals surface area contributed by atoms with Crippen LogP contribution >= 0.6 is 11.8 Å². The van der Waals surface area contributed by atoms with E-state index in [9.17, 15) is 4.79 Å². The highest BCUT2D eigenvalue weighted by Gasteiger charge is 2.16. The molecule has 0 heterocycles. The molecule has 4 nitrogen and oxygen atoms in total. The predicted molar refractivity (Wildman–Crippen MR) is 72.4 cm³/mol. The number of nitrogens with one attached hydrogen (secondary N) is 1. The topological polar surface area (TPSA) is 75.3 Å². The molecule has 0 unspecified atom stereocenters. The summed E-state index contributed by atoms with van der Waals surface area (Å²) in [7, 11) is 0. The van der Waals surface area contributed by atoms with Gasteiger partial charge in [0.05, 0.1) is 0 Å². The highest BCUT2D eigenvalue weighted by Crippen LogP contribution is 2.13. The van der Waals surface area contributed by atoms with Crippen molar-refractivity contribution in [2.24, 2.45) is 5.73 Å². The Morgan fingerprint density at radius 1 is 1.59 bits per heavy atom. The van der Waals surface area contributed by atoms with E-state index in [0.717, 1.165) is 17.0 Å². The number of carboxylic acids is 1. The third-order valence-corrected chi connectivity index (χ3v) is 3.06. The summed E-state index contributed by atoms with van der Waals surface area (Å²) in [6.07, 6.45) is 2.57. The number of rotatable bonds is 7. The zero-order valence-electron chi connectivity index (χ0n) is 9.85. The van der Waals surface area contributed by atoms with Crippen LogP contribution in [0.4, 0.5) is 5.69 Å². The molecule has 0 aliphatic carbocycles. The molecule has 0 bridgehead atoms. The fourth-order valence-corrected chi connectivity index (χ4v) is 1.95. The van der Waals surface area contributed by atoms with Crippen LogP contribution in [-0.4, -0.2) is 29.1 Å². The number of carboxylic acid groups (broad SMARTS) is 1. The maximum atomic E-state index is 11.1. The first-order chi connectivity index (χ1) is 8.17. The van der Waals surface area contributed by atoms with Gasteiger partial charge in [0.25, 0.3) is 0 Å². The Hall–Kier alpha value is -1.20. The summed E-state index contributed by atoms with van der Waals surface area (Å²) in [6.45, 7) is 0.456. The van der Waals surface area contributed by atoms with Crippen molar-refractivity contribution in [2.75, 3.05) is 17.3 Å². The van der Waals surface area contributed by atoms with Gasteiger partial charge in [-0.1, -0.05) is 12.1 Å². The molecule has 0 amide bonds. The van der Waals surface area contributed by atoms with Crippen LogP contribution in [0.2, 0.25) is 0 Å². The largest absolute Gasteiger partial charge is 0.480 e. The number of benzene rings is 1. The lowest BCUT2D eigenvalue weighted by Gasteiger charge is -2.15. The summed E-state index contributed by atoms with van der Waals surface area (Å²) in [4.78, 5) is 11.1. The number of carbonyl (C=O) groups is 1. The van der Waals surface area contributed by atoms with Crippen LogP contribution < -0.4 is 11.1 Å². The Morgan fingerprint density at radius 3 is 2.94 bits per heavy atom. The summed E-state index contributed by atoms with van der Waals surface area (Å²) >= 11 is 1.64. The van der Waals surface area contributed by atoms with Crippen molar-refractivity contribution in [2.45, 2.75) is 19.0 Å². The van der Waals surface area contributed by atoms with Gasteiger partial charge < -0.3 is 16.2 Å². The molecule has 0 aromatic heterocycles. The van der Waals surface area contributed by atoms with Gasteiger partial charge in [-0.2, -0.15) is 11.8 Å². The van der Waals surface area contributed by atoms with Crippen LogP contribution in [0.3, 0.4) is 0 Å². The molecule has 1 atom stereocenters. The average molecular weight is 254 g/mol. The quantitative estimate of drug-likeness (QED) is 0.691. The Morgan fingerprint density at radius 2 is 2.35 bits per heavy atom. The summed E-state index contributed by atoms with van der Waals surface area (Å²) in [5.74, 6) is -0.00205. The van der Waals surface area contributed by atoms with Gasteiger partial charge in [-0.3, -0.25) is 0 Å². The van der Waals surface area contributed by atoms with Gasteiger partial charge in [0.15, 0.2) is 0 Å². The highest BCUT2D eigenvalue weighted by molar-refractivity contribution is 7.98. The van der Waals surface area contributed by atoms with Gasteiger partial charge in [-0.25, -0.2) is 4.79 Å². The molecule has 94 valence electrons. The van der Waals surface area contributed by atoms with Crippen molar-refractivity contribution in [1.29, 1.82) is 0 Å². The Balaban J connectivity index is 2.67. The van der Waals surface area contributed by atoms with E-state index in [1.807, 2.05) is 30.5 Å². The lowest BCUT2D eigenvalue weighted by molar-refractivity contribution is -0.137. The number of nitrogens with two attached hydrogens (primary N) is 1. The Labute approximate surface area is 106 Å². The number of hydrogen-bond donors (Lipinski definition) is 3. The second-order valence-corrected chi connectivity index (χ2v) is 4.71. The normalized spacial score (nSPS) is 12.1. The first-order valence-electron chi connectivity index (χ1n) is 5.44. The molecule has 0 saturated heterocycles. The van der Waals surface area contributed by atoms with Crippen LogP contribution in [0.1, 0.15) is 12.0 Å². The molecule has 0 radical (unpaired) electrons. The molecular weight excluding hydrogens is 236 g/mol. The van der Waals surface area contributed by atoms with Crippen LogP contribution in [0, 0.1) is 0 Å². The molecule has 5 heteroatoms. The number of aliphatic carboxylic acids is 1. The van der Waals surface area contributed by atoms with Gasteiger partial charge in [-0.15, -0.1) is 0 Å². The molecule has 0 aliphatic heterocycles.